The van der Waals surface area contributed by atoms with E-state index in [2.05, 4.69) is 0 Å². The molecule has 0 amide bonds. The lowest BCUT2D eigenvalue weighted by molar-refractivity contribution is 0.171. The third-order valence-electron chi connectivity index (χ3n) is 4.58. The third kappa shape index (κ3) is 2.98. The third-order valence-corrected chi connectivity index (χ3v) is 6.48. The zero-order valence-corrected chi connectivity index (χ0v) is 14.3. The van der Waals surface area contributed by atoms with Crippen molar-refractivity contribution in [3.8, 4) is 11.5 Å². The highest BCUT2D eigenvalue weighted by Crippen LogP contribution is 2.39. The molecule has 2 aliphatic rings. The maximum atomic E-state index is 13.2. The van der Waals surface area contributed by atoms with E-state index in [4.69, 9.17) is 9.47 Å². The molecule has 0 aliphatic carbocycles. The van der Waals surface area contributed by atoms with E-state index in [-0.39, 0.29) is 16.8 Å². The lowest BCUT2D eigenvalue weighted by Gasteiger charge is -2.25. The van der Waals surface area contributed by atoms with Crippen LogP contribution in [0.4, 0.5) is 4.39 Å². The van der Waals surface area contributed by atoms with Crippen LogP contribution in [-0.2, 0) is 10.0 Å². The first-order chi connectivity index (χ1) is 12.1. The Morgan fingerprint density at radius 3 is 2.48 bits per heavy atom. The lowest BCUT2D eigenvalue weighted by atomic mass is 10.1. The molecule has 0 radical (unpaired) electrons. The number of fused-ring (bicyclic) bond motifs is 1. The Morgan fingerprint density at radius 1 is 1.00 bits per heavy atom. The van der Waals surface area contributed by atoms with Gasteiger partial charge in [-0.1, -0.05) is 12.1 Å². The summed E-state index contributed by atoms with van der Waals surface area (Å²) in [5.41, 5.74) is 0.806. The molecule has 0 N–H and O–H groups in total. The van der Waals surface area contributed by atoms with E-state index < -0.39 is 10.0 Å². The monoisotopic (exact) mass is 363 g/mol. The Labute approximate surface area is 146 Å². The number of hydrogen-bond acceptors (Lipinski definition) is 4. The van der Waals surface area contributed by atoms with Crippen molar-refractivity contribution in [1.29, 1.82) is 0 Å². The van der Waals surface area contributed by atoms with E-state index in [1.807, 2.05) is 0 Å². The molecular formula is C18H18FNO4S. The molecule has 2 aromatic carbocycles. The molecule has 132 valence electrons. The number of sulfonamides is 1. The molecule has 0 saturated carbocycles. The number of benzene rings is 2. The maximum absolute atomic E-state index is 13.2. The van der Waals surface area contributed by atoms with Gasteiger partial charge in [0.2, 0.25) is 10.0 Å². The van der Waals surface area contributed by atoms with Gasteiger partial charge in [-0.3, -0.25) is 0 Å². The highest BCUT2D eigenvalue weighted by Gasteiger charge is 2.36. The van der Waals surface area contributed by atoms with Gasteiger partial charge in [0.05, 0.1) is 10.9 Å². The number of hydrogen-bond donors (Lipinski definition) is 0. The van der Waals surface area contributed by atoms with Crippen molar-refractivity contribution >= 4 is 10.0 Å². The van der Waals surface area contributed by atoms with E-state index in [0.29, 0.717) is 31.3 Å². The van der Waals surface area contributed by atoms with Gasteiger partial charge in [0.25, 0.3) is 0 Å². The molecule has 4 rings (SSSR count). The van der Waals surface area contributed by atoms with Crippen molar-refractivity contribution in [2.24, 2.45) is 0 Å². The van der Waals surface area contributed by atoms with Crippen LogP contribution in [0, 0.1) is 5.82 Å². The van der Waals surface area contributed by atoms with Gasteiger partial charge < -0.3 is 9.47 Å². The minimum atomic E-state index is -3.68. The van der Waals surface area contributed by atoms with Crippen LogP contribution in [0.3, 0.4) is 0 Å². The number of nitrogens with zero attached hydrogens (tertiary/aromatic N) is 1. The minimum Gasteiger partial charge on any atom is -0.486 e. The molecule has 2 heterocycles. The summed E-state index contributed by atoms with van der Waals surface area (Å²) in [5, 5.41) is 0. The smallest absolute Gasteiger partial charge is 0.243 e. The van der Waals surface area contributed by atoms with Crippen LogP contribution in [0.5, 0.6) is 11.5 Å². The van der Waals surface area contributed by atoms with Gasteiger partial charge in [0, 0.05) is 12.6 Å². The first-order valence-corrected chi connectivity index (χ1v) is 9.67. The van der Waals surface area contributed by atoms with Crippen molar-refractivity contribution < 1.29 is 22.3 Å². The molecule has 25 heavy (non-hydrogen) atoms. The van der Waals surface area contributed by atoms with Gasteiger partial charge in [0.1, 0.15) is 19.0 Å². The average molecular weight is 363 g/mol. The van der Waals surface area contributed by atoms with E-state index in [1.165, 1.54) is 22.5 Å². The topological polar surface area (TPSA) is 55.8 Å². The van der Waals surface area contributed by atoms with Gasteiger partial charge in [-0.2, -0.15) is 4.31 Å². The summed E-state index contributed by atoms with van der Waals surface area (Å²) >= 11 is 0. The molecule has 7 heteroatoms. The van der Waals surface area contributed by atoms with Crippen LogP contribution in [0.25, 0.3) is 0 Å². The lowest BCUT2D eigenvalue weighted by Crippen LogP contribution is -2.30. The molecular weight excluding hydrogens is 345 g/mol. The molecule has 1 atom stereocenters. The van der Waals surface area contributed by atoms with Crippen LogP contribution in [0.1, 0.15) is 24.4 Å². The minimum absolute atomic E-state index is 0.186. The second-order valence-corrected chi connectivity index (χ2v) is 8.02. The first kappa shape index (κ1) is 16.4. The SMILES string of the molecule is O=S(=O)(c1ccc2c(c1)OCCO2)N1CCC[C@@H]1c1ccc(F)cc1. The number of ether oxygens (including phenoxy) is 2. The van der Waals surface area contributed by atoms with E-state index in [9.17, 15) is 12.8 Å². The Morgan fingerprint density at radius 2 is 1.72 bits per heavy atom. The fraction of sp³-hybridized carbons (Fsp3) is 0.333. The first-order valence-electron chi connectivity index (χ1n) is 8.23. The van der Waals surface area contributed by atoms with E-state index in [0.717, 1.165) is 18.4 Å². The maximum Gasteiger partial charge on any atom is 0.243 e. The van der Waals surface area contributed by atoms with E-state index in [1.54, 1.807) is 24.3 Å². The van der Waals surface area contributed by atoms with Crippen molar-refractivity contribution in [2.45, 2.75) is 23.8 Å². The van der Waals surface area contributed by atoms with Gasteiger partial charge >= 0.3 is 0 Å². The average Bonchev–Trinajstić information content (AvgIpc) is 3.12. The zero-order valence-electron chi connectivity index (χ0n) is 13.5. The van der Waals surface area contributed by atoms with Crippen LogP contribution >= 0.6 is 0 Å². The van der Waals surface area contributed by atoms with Gasteiger partial charge in [-0.05, 0) is 42.7 Å². The quantitative estimate of drug-likeness (QED) is 0.841. The van der Waals surface area contributed by atoms with Crippen molar-refractivity contribution in [3.63, 3.8) is 0 Å². The van der Waals surface area contributed by atoms with Crippen molar-refractivity contribution in [3.05, 3.63) is 53.8 Å². The van der Waals surface area contributed by atoms with Crippen LogP contribution < -0.4 is 9.47 Å². The zero-order chi connectivity index (χ0) is 17.4. The summed E-state index contributed by atoms with van der Waals surface area (Å²) in [5.74, 6) is 0.676. The molecule has 0 spiro atoms. The van der Waals surface area contributed by atoms with Crippen LogP contribution in [0.15, 0.2) is 47.4 Å². The van der Waals surface area contributed by atoms with Crippen molar-refractivity contribution in [2.75, 3.05) is 19.8 Å². The normalized spacial score (nSPS) is 20.6. The Bertz CT molecular complexity index is 882. The number of rotatable bonds is 3. The summed E-state index contributed by atoms with van der Waals surface area (Å²) < 4.78 is 51.9. The molecule has 0 unspecified atom stereocenters. The number of halogens is 1. The van der Waals surface area contributed by atoms with Gasteiger partial charge in [-0.25, -0.2) is 12.8 Å². The summed E-state index contributed by atoms with van der Waals surface area (Å²) in [6, 6.07) is 10.4. The summed E-state index contributed by atoms with van der Waals surface area (Å²) in [7, 11) is -3.68. The standard InChI is InChI=1S/C18H18FNO4S/c19-14-5-3-13(4-6-14)16-2-1-9-20(16)25(21,22)15-7-8-17-18(12-15)24-11-10-23-17/h3-8,12,16H,1-2,9-11H2/t16-/m1/s1. The second kappa shape index (κ2) is 6.31. The highest BCUT2D eigenvalue weighted by molar-refractivity contribution is 7.89. The molecule has 5 nitrogen and oxygen atoms in total. The largest absolute Gasteiger partial charge is 0.486 e. The molecule has 2 aliphatic heterocycles. The summed E-state index contributed by atoms with van der Waals surface area (Å²) in [6.45, 7) is 1.30. The molecule has 2 aromatic rings. The van der Waals surface area contributed by atoms with Gasteiger partial charge in [-0.15, -0.1) is 0 Å². The highest BCUT2D eigenvalue weighted by atomic mass is 32.2. The second-order valence-electron chi connectivity index (χ2n) is 6.13. The molecule has 0 aromatic heterocycles. The predicted molar refractivity (Wildman–Crippen MR) is 89.7 cm³/mol. The molecule has 0 bridgehead atoms. The van der Waals surface area contributed by atoms with Crippen molar-refractivity contribution in [1.82, 2.24) is 4.31 Å². The Balaban J connectivity index is 1.68. The van der Waals surface area contributed by atoms with E-state index >= 15 is 0 Å². The Kier molecular flexibility index (Phi) is 4.13. The molecule has 1 saturated heterocycles. The predicted octanol–water partition coefficient (Wildman–Crippen LogP) is 3.12. The fourth-order valence-electron chi connectivity index (χ4n) is 3.37. The van der Waals surface area contributed by atoms with Crippen LogP contribution in [-0.4, -0.2) is 32.5 Å². The van der Waals surface area contributed by atoms with Crippen LogP contribution in [0.2, 0.25) is 0 Å². The van der Waals surface area contributed by atoms with Gasteiger partial charge in [0.15, 0.2) is 11.5 Å². The Hall–Kier alpha value is -2.12. The summed E-state index contributed by atoms with van der Waals surface area (Å²) in [6.07, 6.45) is 1.49. The molecule has 1 fully saturated rings. The fourth-order valence-corrected chi connectivity index (χ4v) is 5.06. The summed E-state index contributed by atoms with van der Waals surface area (Å²) in [4.78, 5) is 0.186.